The van der Waals surface area contributed by atoms with Gasteiger partial charge in [0.1, 0.15) is 0 Å². The summed E-state index contributed by atoms with van der Waals surface area (Å²) in [6.07, 6.45) is 8.80. The number of nitrogens with one attached hydrogen (secondary N) is 1. The highest BCUT2D eigenvalue weighted by Gasteiger charge is 2.35. The first-order chi connectivity index (χ1) is 8.20. The summed E-state index contributed by atoms with van der Waals surface area (Å²) >= 11 is 0. The van der Waals surface area contributed by atoms with Crippen LogP contribution in [0.1, 0.15) is 51.9 Å². The summed E-state index contributed by atoms with van der Waals surface area (Å²) in [5, 5.41) is 11.9. The number of hydrogen-bond acceptors (Lipinski definition) is 2. The zero-order valence-electron chi connectivity index (χ0n) is 10.8. The molecule has 3 nitrogen and oxygen atoms in total. The van der Waals surface area contributed by atoms with Crippen LogP contribution in [0.4, 0.5) is 0 Å². The summed E-state index contributed by atoms with van der Waals surface area (Å²) in [6, 6.07) is -0.105. The minimum absolute atomic E-state index is 0.0323. The quantitative estimate of drug-likeness (QED) is 0.792. The van der Waals surface area contributed by atoms with Gasteiger partial charge in [0.2, 0.25) is 5.91 Å². The van der Waals surface area contributed by atoms with E-state index in [2.05, 4.69) is 5.32 Å². The van der Waals surface area contributed by atoms with Gasteiger partial charge < -0.3 is 10.4 Å². The Balaban J connectivity index is 1.84. The summed E-state index contributed by atoms with van der Waals surface area (Å²) in [6.45, 7) is 1.88. The second-order valence-corrected chi connectivity index (χ2v) is 5.91. The maximum atomic E-state index is 12.0. The molecular weight excluding hydrogens is 214 g/mol. The molecule has 0 bridgehead atoms. The van der Waals surface area contributed by atoms with E-state index in [-0.39, 0.29) is 24.5 Å². The van der Waals surface area contributed by atoms with E-state index in [9.17, 15) is 4.79 Å². The maximum absolute atomic E-state index is 12.0. The van der Waals surface area contributed by atoms with Crippen LogP contribution in [-0.4, -0.2) is 23.7 Å². The second-order valence-electron chi connectivity index (χ2n) is 5.91. The van der Waals surface area contributed by atoms with Crippen LogP contribution in [0.15, 0.2) is 0 Å². The van der Waals surface area contributed by atoms with Crippen molar-refractivity contribution in [1.29, 1.82) is 0 Å². The molecule has 3 heteroatoms. The molecule has 2 aliphatic carbocycles. The number of carbonyl (C=O) groups excluding carboxylic acids is 1. The molecule has 0 aromatic carbocycles. The fourth-order valence-electron chi connectivity index (χ4n) is 3.52. The predicted molar refractivity (Wildman–Crippen MR) is 67.5 cm³/mol. The standard InChI is InChI=1S/C14H25NO2/c1-10(9-16)15-14(17)13-7-6-11-4-2-3-5-12(11)8-13/h10-13,16H,2-9H2,1H3,(H,15,17)/t10-,11?,12?,13?/m0/s1. The number of amides is 1. The summed E-state index contributed by atoms with van der Waals surface area (Å²) in [5.74, 6) is 2.04. The normalized spacial score (nSPS) is 34.8. The van der Waals surface area contributed by atoms with Gasteiger partial charge in [0.25, 0.3) is 0 Å². The molecule has 4 atom stereocenters. The minimum atomic E-state index is -0.105. The van der Waals surface area contributed by atoms with Gasteiger partial charge in [-0.3, -0.25) is 4.79 Å². The van der Waals surface area contributed by atoms with Crippen molar-refractivity contribution in [1.82, 2.24) is 5.32 Å². The molecule has 2 N–H and O–H groups in total. The van der Waals surface area contributed by atoms with E-state index in [1.54, 1.807) is 0 Å². The van der Waals surface area contributed by atoms with Gasteiger partial charge in [-0.05, 0) is 38.0 Å². The van der Waals surface area contributed by atoms with Crippen molar-refractivity contribution in [3.05, 3.63) is 0 Å². The zero-order valence-corrected chi connectivity index (χ0v) is 10.8. The lowest BCUT2D eigenvalue weighted by molar-refractivity contribution is -0.128. The van der Waals surface area contributed by atoms with Crippen LogP contribution in [0, 0.1) is 17.8 Å². The lowest BCUT2D eigenvalue weighted by Gasteiger charge is -2.39. The van der Waals surface area contributed by atoms with E-state index in [0.717, 1.165) is 24.7 Å². The van der Waals surface area contributed by atoms with Gasteiger partial charge in [-0.15, -0.1) is 0 Å². The van der Waals surface area contributed by atoms with Crippen LogP contribution in [0.2, 0.25) is 0 Å². The lowest BCUT2D eigenvalue weighted by atomic mass is 9.67. The van der Waals surface area contributed by atoms with Crippen LogP contribution in [0.25, 0.3) is 0 Å². The first-order valence-corrected chi connectivity index (χ1v) is 7.12. The monoisotopic (exact) mass is 239 g/mol. The Morgan fingerprint density at radius 1 is 1.24 bits per heavy atom. The van der Waals surface area contributed by atoms with Crippen molar-refractivity contribution in [2.75, 3.05) is 6.61 Å². The number of carbonyl (C=O) groups is 1. The maximum Gasteiger partial charge on any atom is 0.223 e. The van der Waals surface area contributed by atoms with Gasteiger partial charge >= 0.3 is 0 Å². The van der Waals surface area contributed by atoms with Crippen LogP contribution < -0.4 is 5.32 Å². The van der Waals surface area contributed by atoms with Crippen LogP contribution in [-0.2, 0) is 4.79 Å². The third-order valence-electron chi connectivity index (χ3n) is 4.57. The third-order valence-corrected chi connectivity index (χ3v) is 4.57. The minimum Gasteiger partial charge on any atom is -0.394 e. The highest BCUT2D eigenvalue weighted by Crippen LogP contribution is 2.42. The van der Waals surface area contributed by atoms with Crippen molar-refractivity contribution >= 4 is 5.91 Å². The van der Waals surface area contributed by atoms with Crippen molar-refractivity contribution in [2.24, 2.45) is 17.8 Å². The lowest BCUT2D eigenvalue weighted by Crippen LogP contribution is -2.42. The van der Waals surface area contributed by atoms with Gasteiger partial charge in [-0.25, -0.2) is 0 Å². The largest absolute Gasteiger partial charge is 0.394 e. The van der Waals surface area contributed by atoms with E-state index in [1.165, 1.54) is 32.1 Å². The molecule has 1 amide bonds. The zero-order chi connectivity index (χ0) is 12.3. The smallest absolute Gasteiger partial charge is 0.223 e. The van der Waals surface area contributed by atoms with E-state index in [0.29, 0.717) is 0 Å². The van der Waals surface area contributed by atoms with Crippen molar-refractivity contribution in [3.8, 4) is 0 Å². The van der Waals surface area contributed by atoms with Gasteiger partial charge in [-0.2, -0.15) is 0 Å². The molecule has 0 radical (unpaired) electrons. The number of fused-ring (bicyclic) bond motifs is 1. The average Bonchev–Trinajstić information content (AvgIpc) is 2.38. The number of aliphatic hydroxyl groups excluding tert-OH is 1. The Labute approximate surface area is 104 Å². The fraction of sp³-hybridized carbons (Fsp3) is 0.929. The summed E-state index contributed by atoms with van der Waals surface area (Å²) in [4.78, 5) is 12.0. The Morgan fingerprint density at radius 3 is 2.65 bits per heavy atom. The van der Waals surface area contributed by atoms with Gasteiger partial charge in [-0.1, -0.05) is 25.7 Å². The Morgan fingerprint density at radius 2 is 1.94 bits per heavy atom. The topological polar surface area (TPSA) is 49.3 Å². The average molecular weight is 239 g/mol. The van der Waals surface area contributed by atoms with Crippen LogP contribution in [0.5, 0.6) is 0 Å². The number of rotatable bonds is 3. The fourth-order valence-corrected chi connectivity index (χ4v) is 3.52. The molecule has 3 unspecified atom stereocenters. The second kappa shape index (κ2) is 5.85. The molecule has 2 rings (SSSR count). The number of hydrogen-bond donors (Lipinski definition) is 2. The first kappa shape index (κ1) is 12.9. The summed E-state index contributed by atoms with van der Waals surface area (Å²) in [7, 11) is 0. The molecule has 2 fully saturated rings. The van der Waals surface area contributed by atoms with E-state index >= 15 is 0 Å². The van der Waals surface area contributed by atoms with E-state index in [4.69, 9.17) is 5.11 Å². The molecule has 0 spiro atoms. The predicted octanol–water partition coefficient (Wildman–Crippen LogP) is 2.09. The van der Waals surface area contributed by atoms with Crippen LogP contribution in [0.3, 0.4) is 0 Å². The van der Waals surface area contributed by atoms with E-state index in [1.807, 2.05) is 6.92 Å². The molecule has 0 saturated heterocycles. The van der Waals surface area contributed by atoms with Crippen LogP contribution >= 0.6 is 0 Å². The molecule has 2 aliphatic rings. The molecule has 0 heterocycles. The molecular formula is C14H25NO2. The highest BCUT2D eigenvalue weighted by atomic mass is 16.3. The molecule has 0 aromatic heterocycles. The van der Waals surface area contributed by atoms with E-state index < -0.39 is 0 Å². The Bertz CT molecular complexity index is 267. The third kappa shape index (κ3) is 3.21. The molecule has 2 saturated carbocycles. The Kier molecular flexibility index (Phi) is 4.43. The number of aliphatic hydroxyl groups is 1. The molecule has 0 aliphatic heterocycles. The Hall–Kier alpha value is -0.570. The summed E-state index contributed by atoms with van der Waals surface area (Å²) < 4.78 is 0. The molecule has 17 heavy (non-hydrogen) atoms. The van der Waals surface area contributed by atoms with Gasteiger partial charge in [0.05, 0.1) is 6.61 Å². The SMILES string of the molecule is C[C@@H](CO)NC(=O)C1CCC2CCCCC2C1. The van der Waals surface area contributed by atoms with Crippen molar-refractivity contribution in [3.63, 3.8) is 0 Å². The molecule has 0 aromatic rings. The first-order valence-electron chi connectivity index (χ1n) is 7.12. The van der Waals surface area contributed by atoms with Gasteiger partial charge in [0, 0.05) is 12.0 Å². The van der Waals surface area contributed by atoms with Gasteiger partial charge in [0.15, 0.2) is 0 Å². The van der Waals surface area contributed by atoms with Crippen molar-refractivity contribution < 1.29 is 9.90 Å². The summed E-state index contributed by atoms with van der Waals surface area (Å²) in [5.41, 5.74) is 0. The van der Waals surface area contributed by atoms with Crippen molar-refractivity contribution in [2.45, 2.75) is 57.9 Å². The molecule has 98 valence electrons. The highest BCUT2D eigenvalue weighted by molar-refractivity contribution is 5.79.